The van der Waals surface area contributed by atoms with Gasteiger partial charge in [-0.05, 0) is 61.7 Å². The second-order valence-electron chi connectivity index (χ2n) is 7.41. The first-order valence-electron chi connectivity index (χ1n) is 10.2. The predicted octanol–water partition coefficient (Wildman–Crippen LogP) is 4.38. The molecule has 3 aromatic heterocycles. The predicted molar refractivity (Wildman–Crippen MR) is 116 cm³/mol. The van der Waals surface area contributed by atoms with Crippen molar-refractivity contribution in [3.63, 3.8) is 0 Å². The molecule has 4 heterocycles. The quantitative estimate of drug-likeness (QED) is 0.515. The van der Waals surface area contributed by atoms with Crippen molar-refractivity contribution in [3.05, 3.63) is 72.6 Å². The summed E-state index contributed by atoms with van der Waals surface area (Å²) in [5.74, 6) is 0.0617. The van der Waals surface area contributed by atoms with Crippen LogP contribution in [0.1, 0.15) is 29.6 Å². The van der Waals surface area contributed by atoms with Crippen molar-refractivity contribution in [2.45, 2.75) is 19.3 Å². The summed E-state index contributed by atoms with van der Waals surface area (Å²) in [4.78, 5) is 33.5. The summed E-state index contributed by atoms with van der Waals surface area (Å²) < 4.78 is 0. The van der Waals surface area contributed by atoms with Crippen LogP contribution in [0.15, 0.2) is 67.0 Å². The fraction of sp³-hybridized carbons (Fsp3) is 0.208. The van der Waals surface area contributed by atoms with Gasteiger partial charge in [-0.2, -0.15) is 0 Å². The molecule has 1 aliphatic heterocycles. The van der Waals surface area contributed by atoms with Gasteiger partial charge in [0.25, 0.3) is 5.91 Å². The number of nitrogens with zero attached hydrogens (tertiary/aromatic N) is 5. The molecule has 0 bridgehead atoms. The highest BCUT2D eigenvalue weighted by Crippen LogP contribution is 2.29. The van der Waals surface area contributed by atoms with Crippen LogP contribution in [-0.2, 0) is 0 Å². The van der Waals surface area contributed by atoms with E-state index >= 15 is 0 Å². The van der Waals surface area contributed by atoms with Gasteiger partial charge in [0, 0.05) is 31.0 Å². The number of hydrogen-bond acceptors (Lipinski definition) is 5. The Hall–Kier alpha value is -3.67. The number of piperidine rings is 1. The zero-order valence-corrected chi connectivity index (χ0v) is 16.5. The fourth-order valence-corrected chi connectivity index (χ4v) is 3.83. The SMILES string of the molecule is O=C(c1ccc2nc(-c3ccccn3)c(-c3ccccn3)nc2c1)N1CCCCC1. The van der Waals surface area contributed by atoms with E-state index in [1.165, 1.54) is 6.42 Å². The number of hydrogen-bond donors (Lipinski definition) is 0. The highest BCUT2D eigenvalue weighted by Gasteiger charge is 2.20. The molecule has 5 rings (SSSR count). The van der Waals surface area contributed by atoms with Crippen molar-refractivity contribution >= 4 is 16.9 Å². The summed E-state index contributed by atoms with van der Waals surface area (Å²) in [5, 5.41) is 0. The number of benzene rings is 1. The molecule has 0 unspecified atom stereocenters. The van der Waals surface area contributed by atoms with Gasteiger partial charge < -0.3 is 4.90 Å². The van der Waals surface area contributed by atoms with Crippen LogP contribution in [0.25, 0.3) is 33.8 Å². The standard InChI is InChI=1S/C24H21N5O/c30-24(29-14-6-1-7-15-29)17-10-11-18-21(16-17)28-23(20-9-3-5-13-26-20)22(27-18)19-8-2-4-12-25-19/h2-5,8-13,16H,1,6-7,14-15H2. The Morgan fingerprint density at radius 2 is 1.37 bits per heavy atom. The molecule has 0 aliphatic carbocycles. The van der Waals surface area contributed by atoms with Crippen molar-refractivity contribution in [3.8, 4) is 22.8 Å². The zero-order valence-electron chi connectivity index (χ0n) is 16.5. The van der Waals surface area contributed by atoms with E-state index in [-0.39, 0.29) is 5.91 Å². The molecule has 6 heteroatoms. The van der Waals surface area contributed by atoms with Crippen LogP contribution in [0.2, 0.25) is 0 Å². The highest BCUT2D eigenvalue weighted by molar-refractivity contribution is 5.98. The number of carbonyl (C=O) groups is 1. The van der Waals surface area contributed by atoms with E-state index in [1.54, 1.807) is 12.4 Å². The van der Waals surface area contributed by atoms with Gasteiger partial charge in [0.2, 0.25) is 0 Å². The highest BCUT2D eigenvalue weighted by atomic mass is 16.2. The van der Waals surface area contributed by atoms with E-state index in [0.717, 1.165) is 42.8 Å². The lowest BCUT2D eigenvalue weighted by Gasteiger charge is -2.26. The first kappa shape index (κ1) is 18.4. The zero-order chi connectivity index (χ0) is 20.3. The van der Waals surface area contributed by atoms with E-state index in [0.29, 0.717) is 22.5 Å². The van der Waals surface area contributed by atoms with E-state index in [9.17, 15) is 4.79 Å². The van der Waals surface area contributed by atoms with E-state index in [1.807, 2.05) is 59.5 Å². The van der Waals surface area contributed by atoms with Crippen molar-refractivity contribution in [2.24, 2.45) is 0 Å². The third-order valence-electron chi connectivity index (χ3n) is 5.37. The molecule has 30 heavy (non-hydrogen) atoms. The topological polar surface area (TPSA) is 71.9 Å². The van der Waals surface area contributed by atoms with Gasteiger partial charge in [-0.15, -0.1) is 0 Å². The average molecular weight is 395 g/mol. The van der Waals surface area contributed by atoms with Crippen LogP contribution in [0.4, 0.5) is 0 Å². The molecule has 148 valence electrons. The van der Waals surface area contributed by atoms with Crippen LogP contribution in [0.5, 0.6) is 0 Å². The molecule has 1 saturated heterocycles. The van der Waals surface area contributed by atoms with Gasteiger partial charge in [-0.25, -0.2) is 9.97 Å². The van der Waals surface area contributed by atoms with Crippen LogP contribution in [-0.4, -0.2) is 43.8 Å². The maximum atomic E-state index is 12.9. The molecule has 1 aromatic carbocycles. The Morgan fingerprint density at radius 3 is 1.97 bits per heavy atom. The van der Waals surface area contributed by atoms with Crippen molar-refractivity contribution in [1.29, 1.82) is 0 Å². The van der Waals surface area contributed by atoms with E-state index in [2.05, 4.69) is 9.97 Å². The Kier molecular flexibility index (Phi) is 4.89. The first-order valence-corrected chi connectivity index (χ1v) is 10.2. The Morgan fingerprint density at radius 1 is 0.733 bits per heavy atom. The van der Waals surface area contributed by atoms with Crippen LogP contribution in [0.3, 0.4) is 0 Å². The number of rotatable bonds is 3. The van der Waals surface area contributed by atoms with Gasteiger partial charge in [0.15, 0.2) is 0 Å². The number of pyridine rings is 2. The van der Waals surface area contributed by atoms with Crippen LogP contribution in [0, 0.1) is 0 Å². The third kappa shape index (κ3) is 3.52. The monoisotopic (exact) mass is 395 g/mol. The van der Waals surface area contributed by atoms with Gasteiger partial charge in [-0.3, -0.25) is 14.8 Å². The fourth-order valence-electron chi connectivity index (χ4n) is 3.83. The molecule has 0 N–H and O–H groups in total. The molecule has 4 aromatic rings. The smallest absolute Gasteiger partial charge is 0.253 e. The second-order valence-corrected chi connectivity index (χ2v) is 7.41. The van der Waals surface area contributed by atoms with Gasteiger partial charge in [-0.1, -0.05) is 12.1 Å². The average Bonchev–Trinajstić information content (AvgIpc) is 2.84. The molecule has 1 fully saturated rings. The minimum absolute atomic E-state index is 0.0617. The summed E-state index contributed by atoms with van der Waals surface area (Å²) in [7, 11) is 0. The maximum absolute atomic E-state index is 12.9. The number of aromatic nitrogens is 4. The minimum atomic E-state index is 0.0617. The van der Waals surface area contributed by atoms with Crippen molar-refractivity contribution in [2.75, 3.05) is 13.1 Å². The van der Waals surface area contributed by atoms with Gasteiger partial charge in [0.05, 0.1) is 22.4 Å². The van der Waals surface area contributed by atoms with E-state index in [4.69, 9.17) is 9.97 Å². The Balaban J connectivity index is 1.63. The molecule has 6 nitrogen and oxygen atoms in total. The summed E-state index contributed by atoms with van der Waals surface area (Å²) in [5.41, 5.74) is 4.85. The van der Waals surface area contributed by atoms with Crippen LogP contribution < -0.4 is 0 Å². The summed E-state index contributed by atoms with van der Waals surface area (Å²) in [6.07, 6.45) is 6.80. The third-order valence-corrected chi connectivity index (χ3v) is 5.37. The first-order chi connectivity index (χ1) is 14.8. The minimum Gasteiger partial charge on any atom is -0.339 e. The molecular weight excluding hydrogens is 374 g/mol. The van der Waals surface area contributed by atoms with Gasteiger partial charge in [0.1, 0.15) is 11.4 Å². The largest absolute Gasteiger partial charge is 0.339 e. The molecule has 0 atom stereocenters. The Bertz CT molecular complexity index is 1190. The number of amides is 1. The molecule has 1 aliphatic rings. The normalized spacial score (nSPS) is 14.1. The number of carbonyl (C=O) groups excluding carboxylic acids is 1. The molecule has 1 amide bonds. The molecule has 0 saturated carbocycles. The molecule has 0 radical (unpaired) electrons. The maximum Gasteiger partial charge on any atom is 0.253 e. The van der Waals surface area contributed by atoms with E-state index < -0.39 is 0 Å². The summed E-state index contributed by atoms with van der Waals surface area (Å²) >= 11 is 0. The van der Waals surface area contributed by atoms with Crippen LogP contribution >= 0.6 is 0 Å². The Labute approximate surface area is 174 Å². The van der Waals surface area contributed by atoms with Crippen molar-refractivity contribution in [1.82, 2.24) is 24.8 Å². The number of likely N-dealkylation sites (tertiary alicyclic amines) is 1. The lowest BCUT2D eigenvalue weighted by Crippen LogP contribution is -2.35. The second kappa shape index (κ2) is 7.99. The summed E-state index contributed by atoms with van der Waals surface area (Å²) in [6.45, 7) is 1.64. The lowest BCUT2D eigenvalue weighted by molar-refractivity contribution is 0.0724. The summed E-state index contributed by atoms with van der Waals surface area (Å²) in [6, 6.07) is 17.0. The lowest BCUT2D eigenvalue weighted by atomic mass is 10.1. The molecule has 0 spiro atoms. The van der Waals surface area contributed by atoms with Gasteiger partial charge >= 0.3 is 0 Å². The number of fused-ring (bicyclic) bond motifs is 1. The molecular formula is C24H21N5O. The van der Waals surface area contributed by atoms with Crippen molar-refractivity contribution < 1.29 is 4.79 Å².